The SMILES string of the molecule is Cc1c(C(=O)Nc2ccc(Br)c(F)c2)c(=O)n(-c2ccccc2)n1CC(C)(C)O. The van der Waals surface area contributed by atoms with E-state index in [-0.39, 0.29) is 22.3 Å². The Morgan fingerprint density at radius 2 is 1.86 bits per heavy atom. The first-order valence-electron chi connectivity index (χ1n) is 8.95. The Kier molecular flexibility index (Phi) is 5.77. The zero-order chi connectivity index (χ0) is 21.3. The van der Waals surface area contributed by atoms with Crippen LogP contribution in [0.15, 0.2) is 57.8 Å². The molecule has 0 atom stereocenters. The number of benzene rings is 2. The molecule has 0 aliphatic rings. The lowest BCUT2D eigenvalue weighted by Crippen LogP contribution is -2.32. The number of para-hydroxylation sites is 1. The first kappa shape index (κ1) is 21.0. The van der Waals surface area contributed by atoms with Crippen LogP contribution in [-0.2, 0) is 6.54 Å². The quantitative estimate of drug-likeness (QED) is 0.605. The minimum Gasteiger partial charge on any atom is -0.389 e. The molecular formula is C21H21BrFN3O3. The van der Waals surface area contributed by atoms with Crippen molar-refractivity contribution in [3.05, 3.63) is 80.4 Å². The molecule has 6 nitrogen and oxygen atoms in total. The average Bonchev–Trinajstić information content (AvgIpc) is 2.87. The molecule has 0 saturated heterocycles. The molecule has 8 heteroatoms. The third-order valence-electron chi connectivity index (χ3n) is 4.34. The molecule has 0 unspecified atom stereocenters. The van der Waals surface area contributed by atoms with Crippen molar-refractivity contribution in [2.45, 2.75) is 32.9 Å². The number of amides is 1. The van der Waals surface area contributed by atoms with Crippen molar-refractivity contribution in [2.24, 2.45) is 0 Å². The van der Waals surface area contributed by atoms with Crippen LogP contribution < -0.4 is 10.9 Å². The summed E-state index contributed by atoms with van der Waals surface area (Å²) in [6.07, 6.45) is 0. The fourth-order valence-electron chi connectivity index (χ4n) is 3.06. The number of halogens is 2. The second-order valence-electron chi connectivity index (χ2n) is 7.37. The van der Waals surface area contributed by atoms with Crippen LogP contribution in [0.25, 0.3) is 5.69 Å². The number of nitrogens with zero attached hydrogens (tertiary/aromatic N) is 2. The van der Waals surface area contributed by atoms with Gasteiger partial charge < -0.3 is 10.4 Å². The minimum atomic E-state index is -1.12. The van der Waals surface area contributed by atoms with Gasteiger partial charge >= 0.3 is 0 Å². The van der Waals surface area contributed by atoms with E-state index in [1.54, 1.807) is 49.7 Å². The van der Waals surface area contributed by atoms with Crippen molar-refractivity contribution in [2.75, 3.05) is 5.32 Å². The number of hydrogen-bond acceptors (Lipinski definition) is 3. The zero-order valence-corrected chi connectivity index (χ0v) is 17.8. The van der Waals surface area contributed by atoms with Gasteiger partial charge in [-0.05, 0) is 67.0 Å². The summed E-state index contributed by atoms with van der Waals surface area (Å²) < 4.78 is 17.0. The molecule has 3 rings (SSSR count). The maximum absolute atomic E-state index is 13.8. The van der Waals surface area contributed by atoms with Crippen molar-refractivity contribution in [3.8, 4) is 5.69 Å². The van der Waals surface area contributed by atoms with E-state index in [9.17, 15) is 19.1 Å². The Labute approximate surface area is 175 Å². The van der Waals surface area contributed by atoms with Crippen LogP contribution in [0.1, 0.15) is 29.9 Å². The van der Waals surface area contributed by atoms with E-state index in [4.69, 9.17) is 0 Å². The number of carbonyl (C=O) groups is 1. The van der Waals surface area contributed by atoms with E-state index >= 15 is 0 Å². The van der Waals surface area contributed by atoms with Gasteiger partial charge in [0.2, 0.25) is 0 Å². The highest BCUT2D eigenvalue weighted by Crippen LogP contribution is 2.21. The summed E-state index contributed by atoms with van der Waals surface area (Å²) in [5, 5.41) is 12.9. The van der Waals surface area contributed by atoms with Crippen molar-refractivity contribution < 1.29 is 14.3 Å². The molecule has 0 spiro atoms. The van der Waals surface area contributed by atoms with E-state index in [2.05, 4.69) is 21.2 Å². The molecule has 0 aliphatic heterocycles. The summed E-state index contributed by atoms with van der Waals surface area (Å²) in [5.41, 5.74) is -0.505. The van der Waals surface area contributed by atoms with Gasteiger partial charge in [-0.25, -0.2) is 9.07 Å². The predicted octanol–water partition coefficient (Wildman–Crippen LogP) is 3.87. The Hall–Kier alpha value is -2.71. The molecule has 0 radical (unpaired) electrons. The van der Waals surface area contributed by atoms with E-state index < -0.39 is 22.9 Å². The van der Waals surface area contributed by atoms with Gasteiger partial charge in [0.1, 0.15) is 11.4 Å². The lowest BCUT2D eigenvalue weighted by Gasteiger charge is -2.22. The fraction of sp³-hybridized carbons (Fsp3) is 0.238. The van der Waals surface area contributed by atoms with Crippen molar-refractivity contribution in [3.63, 3.8) is 0 Å². The first-order valence-corrected chi connectivity index (χ1v) is 9.74. The van der Waals surface area contributed by atoms with Gasteiger partial charge in [-0.2, -0.15) is 0 Å². The number of anilines is 1. The molecule has 1 heterocycles. The lowest BCUT2D eigenvalue weighted by molar-refractivity contribution is 0.0546. The Morgan fingerprint density at radius 1 is 1.21 bits per heavy atom. The second kappa shape index (κ2) is 7.96. The Morgan fingerprint density at radius 3 is 2.45 bits per heavy atom. The van der Waals surface area contributed by atoms with Gasteiger partial charge in [-0.15, -0.1) is 0 Å². The largest absolute Gasteiger partial charge is 0.389 e. The summed E-state index contributed by atoms with van der Waals surface area (Å²) in [7, 11) is 0. The number of carbonyl (C=O) groups excluding carboxylic acids is 1. The maximum atomic E-state index is 13.8. The highest BCUT2D eigenvalue weighted by Gasteiger charge is 2.26. The van der Waals surface area contributed by atoms with Crippen molar-refractivity contribution in [1.82, 2.24) is 9.36 Å². The third-order valence-corrected chi connectivity index (χ3v) is 4.98. The van der Waals surface area contributed by atoms with Crippen LogP contribution in [0.5, 0.6) is 0 Å². The number of nitrogens with one attached hydrogen (secondary N) is 1. The highest BCUT2D eigenvalue weighted by molar-refractivity contribution is 9.10. The molecule has 152 valence electrons. The van der Waals surface area contributed by atoms with Crippen LogP contribution in [0.2, 0.25) is 0 Å². The molecule has 1 aromatic heterocycles. The molecule has 29 heavy (non-hydrogen) atoms. The first-order chi connectivity index (χ1) is 13.6. The van der Waals surface area contributed by atoms with Gasteiger partial charge in [0.15, 0.2) is 0 Å². The zero-order valence-electron chi connectivity index (χ0n) is 16.2. The topological polar surface area (TPSA) is 76.3 Å². The molecule has 2 aromatic carbocycles. The van der Waals surface area contributed by atoms with Gasteiger partial charge in [-0.3, -0.25) is 14.3 Å². The van der Waals surface area contributed by atoms with Gasteiger partial charge in [0, 0.05) is 5.69 Å². The number of aliphatic hydroxyl groups is 1. The maximum Gasteiger partial charge on any atom is 0.284 e. The van der Waals surface area contributed by atoms with E-state index in [0.29, 0.717) is 11.4 Å². The molecule has 3 aromatic rings. The normalized spacial score (nSPS) is 11.5. The highest BCUT2D eigenvalue weighted by atomic mass is 79.9. The van der Waals surface area contributed by atoms with Crippen molar-refractivity contribution in [1.29, 1.82) is 0 Å². The van der Waals surface area contributed by atoms with E-state index in [0.717, 1.165) is 0 Å². The van der Waals surface area contributed by atoms with Gasteiger partial charge in [0.25, 0.3) is 11.5 Å². The monoisotopic (exact) mass is 461 g/mol. The molecule has 0 bridgehead atoms. The van der Waals surface area contributed by atoms with Gasteiger partial charge in [-0.1, -0.05) is 18.2 Å². The van der Waals surface area contributed by atoms with Gasteiger partial charge in [0.05, 0.1) is 28.0 Å². The molecule has 0 saturated carbocycles. The Balaban J connectivity index is 2.10. The summed E-state index contributed by atoms with van der Waals surface area (Å²) in [4.78, 5) is 26.0. The summed E-state index contributed by atoms with van der Waals surface area (Å²) in [5.74, 6) is -1.17. The number of rotatable bonds is 5. The lowest BCUT2D eigenvalue weighted by atomic mass is 10.1. The number of hydrogen-bond donors (Lipinski definition) is 2. The van der Waals surface area contributed by atoms with E-state index in [1.807, 2.05) is 6.07 Å². The Bertz CT molecular complexity index is 1110. The third kappa shape index (κ3) is 4.49. The number of aromatic nitrogens is 2. The molecule has 0 aliphatic carbocycles. The molecule has 1 amide bonds. The predicted molar refractivity (Wildman–Crippen MR) is 113 cm³/mol. The minimum absolute atomic E-state index is 0.0681. The van der Waals surface area contributed by atoms with Crippen molar-refractivity contribution >= 4 is 27.5 Å². The summed E-state index contributed by atoms with van der Waals surface area (Å²) >= 11 is 3.06. The van der Waals surface area contributed by atoms with Crippen LogP contribution in [0.4, 0.5) is 10.1 Å². The van der Waals surface area contributed by atoms with Crippen LogP contribution >= 0.6 is 15.9 Å². The summed E-state index contributed by atoms with van der Waals surface area (Å²) in [6.45, 7) is 4.99. The van der Waals surface area contributed by atoms with Crippen LogP contribution in [-0.4, -0.2) is 26.0 Å². The van der Waals surface area contributed by atoms with E-state index in [1.165, 1.54) is 22.9 Å². The second-order valence-corrected chi connectivity index (χ2v) is 8.22. The molecule has 0 fully saturated rings. The standard InChI is InChI=1S/C21H21BrFN3O3/c1-13-18(19(27)24-14-9-10-16(22)17(23)11-14)20(28)26(15-7-5-4-6-8-15)25(13)12-21(2,3)29/h4-11,29H,12H2,1-3H3,(H,24,27). The summed E-state index contributed by atoms with van der Waals surface area (Å²) in [6, 6.07) is 13.0. The average molecular weight is 462 g/mol. The van der Waals surface area contributed by atoms with Crippen LogP contribution in [0, 0.1) is 12.7 Å². The molecular weight excluding hydrogens is 441 g/mol. The van der Waals surface area contributed by atoms with Crippen LogP contribution in [0.3, 0.4) is 0 Å². The fourth-order valence-corrected chi connectivity index (χ4v) is 3.31. The molecule has 2 N–H and O–H groups in total. The smallest absolute Gasteiger partial charge is 0.284 e.